The van der Waals surface area contributed by atoms with Gasteiger partial charge in [0, 0.05) is 23.0 Å². The molecule has 0 fully saturated rings. The highest BCUT2D eigenvalue weighted by atomic mass is 16.5. The Morgan fingerprint density at radius 3 is 1.50 bits per heavy atom. The lowest BCUT2D eigenvalue weighted by atomic mass is 9.60. The van der Waals surface area contributed by atoms with Crippen LogP contribution < -0.4 is 9.47 Å². The average molecular weight is 298 g/mol. The van der Waals surface area contributed by atoms with Gasteiger partial charge in [-0.2, -0.15) is 0 Å². The summed E-state index contributed by atoms with van der Waals surface area (Å²) in [6.07, 6.45) is -1.68. The third-order valence-corrected chi connectivity index (χ3v) is 4.97. The standard InChI is InChI=1S/C18H18O4/c1-21-11-7-8-12(22-2)16-14-10-6-4-3-5-9(10)13(15(11)16)17(19)18(14)20/h3-8,13-14,17-20H,1-2H3. The fourth-order valence-electron chi connectivity index (χ4n) is 4.09. The predicted octanol–water partition coefficient (Wildman–Crippen LogP) is 2.02. The summed E-state index contributed by atoms with van der Waals surface area (Å²) in [4.78, 5) is 0. The number of fused-ring (bicyclic) bond motifs is 1. The second-order valence-electron chi connectivity index (χ2n) is 5.86. The highest BCUT2D eigenvalue weighted by Crippen LogP contribution is 2.57. The number of aliphatic hydroxyl groups excluding tert-OH is 2. The predicted molar refractivity (Wildman–Crippen MR) is 81.7 cm³/mol. The Morgan fingerprint density at radius 2 is 1.14 bits per heavy atom. The van der Waals surface area contributed by atoms with E-state index in [0.717, 1.165) is 33.8 Å². The molecule has 0 aliphatic heterocycles. The van der Waals surface area contributed by atoms with E-state index in [2.05, 4.69) is 0 Å². The van der Waals surface area contributed by atoms with Crippen molar-refractivity contribution in [3.63, 3.8) is 0 Å². The quantitative estimate of drug-likeness (QED) is 0.890. The summed E-state index contributed by atoms with van der Waals surface area (Å²) < 4.78 is 11.0. The van der Waals surface area contributed by atoms with Crippen molar-refractivity contribution in [2.24, 2.45) is 0 Å². The molecule has 3 aliphatic rings. The minimum atomic E-state index is -0.839. The average Bonchev–Trinajstić information content (AvgIpc) is 2.56. The Kier molecular flexibility index (Phi) is 2.93. The molecule has 2 aromatic carbocycles. The maximum Gasteiger partial charge on any atom is 0.123 e. The zero-order chi connectivity index (χ0) is 15.4. The molecule has 2 N–H and O–H groups in total. The van der Waals surface area contributed by atoms with Crippen LogP contribution in [0.25, 0.3) is 0 Å². The number of hydrogen-bond acceptors (Lipinski definition) is 4. The molecule has 4 atom stereocenters. The van der Waals surface area contributed by atoms with Gasteiger partial charge >= 0.3 is 0 Å². The Hall–Kier alpha value is -2.04. The molecule has 0 amide bonds. The first kappa shape index (κ1) is 13.6. The van der Waals surface area contributed by atoms with Gasteiger partial charge in [-0.15, -0.1) is 0 Å². The Bertz CT molecular complexity index is 678. The van der Waals surface area contributed by atoms with E-state index in [4.69, 9.17) is 9.47 Å². The summed E-state index contributed by atoms with van der Waals surface area (Å²) in [5.74, 6) is 0.866. The lowest BCUT2D eigenvalue weighted by molar-refractivity contribution is -0.0165. The fourth-order valence-corrected chi connectivity index (χ4v) is 4.09. The van der Waals surface area contributed by atoms with E-state index in [-0.39, 0.29) is 11.8 Å². The molecule has 3 aliphatic carbocycles. The van der Waals surface area contributed by atoms with Crippen LogP contribution in [0.5, 0.6) is 11.5 Å². The number of methoxy groups -OCH3 is 2. The van der Waals surface area contributed by atoms with Crippen molar-refractivity contribution in [3.8, 4) is 11.5 Å². The molecule has 22 heavy (non-hydrogen) atoms. The van der Waals surface area contributed by atoms with Gasteiger partial charge < -0.3 is 19.7 Å². The van der Waals surface area contributed by atoms with Crippen LogP contribution in [0.3, 0.4) is 0 Å². The second kappa shape index (κ2) is 4.73. The SMILES string of the molecule is COc1ccc(OC)c2c1C1c3ccccc3C2C(O)C1O. The minimum Gasteiger partial charge on any atom is -0.496 e. The second-order valence-corrected chi connectivity index (χ2v) is 5.86. The van der Waals surface area contributed by atoms with Crippen LogP contribution >= 0.6 is 0 Å². The summed E-state index contributed by atoms with van der Waals surface area (Å²) >= 11 is 0. The van der Waals surface area contributed by atoms with Crippen LogP contribution in [-0.4, -0.2) is 36.6 Å². The molecule has 4 unspecified atom stereocenters. The number of rotatable bonds is 2. The topological polar surface area (TPSA) is 58.9 Å². The van der Waals surface area contributed by atoms with Gasteiger partial charge in [-0.3, -0.25) is 0 Å². The van der Waals surface area contributed by atoms with Crippen LogP contribution in [0.4, 0.5) is 0 Å². The molecule has 0 saturated heterocycles. The smallest absolute Gasteiger partial charge is 0.123 e. The maximum absolute atomic E-state index is 10.6. The molecule has 0 aromatic heterocycles. The molecule has 0 radical (unpaired) electrons. The zero-order valence-corrected chi connectivity index (χ0v) is 12.5. The number of hydrogen-bond donors (Lipinski definition) is 2. The third-order valence-electron chi connectivity index (χ3n) is 4.97. The van der Waals surface area contributed by atoms with Crippen LogP contribution in [0.15, 0.2) is 36.4 Å². The van der Waals surface area contributed by atoms with Crippen LogP contribution in [-0.2, 0) is 0 Å². The van der Waals surface area contributed by atoms with Gasteiger partial charge in [0.05, 0.1) is 26.4 Å². The minimum absolute atomic E-state index is 0.295. The lowest BCUT2D eigenvalue weighted by Crippen LogP contribution is -2.47. The van der Waals surface area contributed by atoms with Crippen molar-refractivity contribution in [2.45, 2.75) is 24.0 Å². The highest BCUT2D eigenvalue weighted by Gasteiger charge is 2.51. The van der Waals surface area contributed by atoms with Crippen molar-refractivity contribution < 1.29 is 19.7 Å². The first-order valence-corrected chi connectivity index (χ1v) is 7.38. The monoisotopic (exact) mass is 298 g/mol. The summed E-state index contributed by atoms with van der Waals surface area (Å²) in [6.45, 7) is 0. The first-order chi connectivity index (χ1) is 10.7. The molecule has 0 saturated carbocycles. The Balaban J connectivity index is 2.08. The summed E-state index contributed by atoms with van der Waals surface area (Å²) in [6, 6.07) is 11.7. The van der Waals surface area contributed by atoms with E-state index >= 15 is 0 Å². The van der Waals surface area contributed by atoms with E-state index < -0.39 is 12.2 Å². The van der Waals surface area contributed by atoms with E-state index in [1.54, 1.807) is 14.2 Å². The molecule has 5 rings (SSSR count). The Labute approximate surface area is 128 Å². The van der Waals surface area contributed by atoms with E-state index in [1.807, 2.05) is 36.4 Å². The number of benzene rings is 2. The van der Waals surface area contributed by atoms with Gasteiger partial charge in [0.15, 0.2) is 0 Å². The lowest BCUT2D eigenvalue weighted by Gasteiger charge is -2.47. The molecular weight excluding hydrogens is 280 g/mol. The van der Waals surface area contributed by atoms with E-state index in [9.17, 15) is 10.2 Å². The van der Waals surface area contributed by atoms with Gasteiger partial charge in [-0.1, -0.05) is 24.3 Å². The normalized spacial score (nSPS) is 28.0. The summed E-state index contributed by atoms with van der Waals surface area (Å²) in [5, 5.41) is 21.2. The van der Waals surface area contributed by atoms with Crippen molar-refractivity contribution in [2.75, 3.05) is 14.2 Å². The summed E-state index contributed by atoms with van der Waals surface area (Å²) in [7, 11) is 3.25. The molecular formula is C18H18O4. The zero-order valence-electron chi connectivity index (χ0n) is 12.5. The Morgan fingerprint density at radius 1 is 0.727 bits per heavy atom. The molecule has 0 heterocycles. The van der Waals surface area contributed by atoms with E-state index in [0.29, 0.717) is 0 Å². The van der Waals surface area contributed by atoms with Gasteiger partial charge in [-0.05, 0) is 23.3 Å². The highest BCUT2D eigenvalue weighted by molar-refractivity contribution is 5.65. The largest absolute Gasteiger partial charge is 0.496 e. The molecule has 2 aromatic rings. The van der Waals surface area contributed by atoms with Gasteiger partial charge in [0.1, 0.15) is 11.5 Å². The summed E-state index contributed by atoms with van der Waals surface area (Å²) in [5.41, 5.74) is 3.99. The molecule has 2 bridgehead atoms. The van der Waals surface area contributed by atoms with Gasteiger partial charge in [0.25, 0.3) is 0 Å². The number of ether oxygens (including phenoxy) is 2. The molecule has 4 heteroatoms. The van der Waals surface area contributed by atoms with Crippen molar-refractivity contribution in [1.82, 2.24) is 0 Å². The van der Waals surface area contributed by atoms with Crippen LogP contribution in [0, 0.1) is 0 Å². The van der Waals surface area contributed by atoms with Crippen molar-refractivity contribution in [3.05, 3.63) is 58.7 Å². The fraction of sp³-hybridized carbons (Fsp3) is 0.333. The molecule has 4 nitrogen and oxygen atoms in total. The maximum atomic E-state index is 10.6. The van der Waals surface area contributed by atoms with Gasteiger partial charge in [-0.25, -0.2) is 0 Å². The molecule has 114 valence electrons. The molecule has 0 spiro atoms. The van der Waals surface area contributed by atoms with E-state index in [1.165, 1.54) is 0 Å². The first-order valence-electron chi connectivity index (χ1n) is 7.38. The van der Waals surface area contributed by atoms with Gasteiger partial charge in [0.2, 0.25) is 0 Å². The number of aliphatic hydroxyl groups is 2. The van der Waals surface area contributed by atoms with Crippen molar-refractivity contribution in [1.29, 1.82) is 0 Å². The van der Waals surface area contributed by atoms with Crippen LogP contribution in [0.1, 0.15) is 34.1 Å². The van der Waals surface area contributed by atoms with Crippen molar-refractivity contribution >= 4 is 0 Å². The van der Waals surface area contributed by atoms with Crippen LogP contribution in [0.2, 0.25) is 0 Å². The third kappa shape index (κ3) is 1.54.